The van der Waals surface area contributed by atoms with Crippen LogP contribution in [0.4, 0.5) is 4.39 Å². The van der Waals surface area contributed by atoms with E-state index in [0.717, 1.165) is 37.5 Å². The Labute approximate surface area is 184 Å². The molecular weight excluding hydrogens is 407 g/mol. The Morgan fingerprint density at radius 3 is 2.19 bits per heavy atom. The molecule has 6 heteroatoms. The minimum atomic E-state index is -0.250. The van der Waals surface area contributed by atoms with Crippen molar-refractivity contribution in [1.29, 1.82) is 0 Å². The van der Waals surface area contributed by atoms with Gasteiger partial charge < -0.3 is 0 Å². The van der Waals surface area contributed by atoms with Crippen molar-refractivity contribution in [3.63, 3.8) is 0 Å². The highest BCUT2D eigenvalue weighted by molar-refractivity contribution is 7.22. The summed E-state index contributed by atoms with van der Waals surface area (Å²) in [6, 6.07) is 17.0. The predicted octanol–water partition coefficient (Wildman–Crippen LogP) is 7.08. The van der Waals surface area contributed by atoms with Crippen molar-refractivity contribution < 1.29 is 4.39 Å². The molecule has 0 N–H and O–H groups in total. The number of aromatic nitrogens is 4. The van der Waals surface area contributed by atoms with Crippen LogP contribution >= 0.6 is 11.3 Å². The van der Waals surface area contributed by atoms with E-state index in [0.29, 0.717) is 11.8 Å². The molecule has 3 aromatic carbocycles. The molecule has 0 unspecified atom stereocenters. The molecule has 5 rings (SSSR count). The van der Waals surface area contributed by atoms with Gasteiger partial charge in [-0.15, -0.1) is 16.4 Å². The molecule has 0 aliphatic heterocycles. The summed E-state index contributed by atoms with van der Waals surface area (Å²) in [5.74, 6) is 0.482. The standard InChI is InChI=1S/C25H23FN4S/c1-14(2)18-6-5-7-19(15(3)4)23(18)30-21-13-12-20-24(22(21)28-29-30)31-25(27-20)16-8-10-17(26)11-9-16/h5-15H,1-4H3. The van der Waals surface area contributed by atoms with Gasteiger partial charge in [0.15, 0.2) is 0 Å². The topological polar surface area (TPSA) is 43.6 Å². The first-order chi connectivity index (χ1) is 14.9. The van der Waals surface area contributed by atoms with Gasteiger partial charge in [-0.05, 0) is 59.4 Å². The van der Waals surface area contributed by atoms with Gasteiger partial charge >= 0.3 is 0 Å². The zero-order valence-electron chi connectivity index (χ0n) is 17.9. The smallest absolute Gasteiger partial charge is 0.133 e. The lowest BCUT2D eigenvalue weighted by atomic mass is 9.92. The van der Waals surface area contributed by atoms with Crippen LogP contribution in [-0.2, 0) is 0 Å². The monoisotopic (exact) mass is 430 g/mol. The second-order valence-corrected chi connectivity index (χ2v) is 9.40. The quantitative estimate of drug-likeness (QED) is 0.306. The maximum atomic E-state index is 13.3. The number of para-hydroxylation sites is 1. The summed E-state index contributed by atoms with van der Waals surface area (Å²) in [4.78, 5) is 4.76. The SMILES string of the molecule is CC(C)c1cccc(C(C)C)c1-n1nnc2c3sc(-c4ccc(F)cc4)nc3ccc21. The highest BCUT2D eigenvalue weighted by Gasteiger charge is 2.20. The van der Waals surface area contributed by atoms with Gasteiger partial charge in [0, 0.05) is 5.56 Å². The molecule has 0 saturated heterocycles. The molecule has 0 atom stereocenters. The molecule has 5 aromatic rings. The molecule has 2 heterocycles. The Morgan fingerprint density at radius 2 is 1.55 bits per heavy atom. The van der Waals surface area contributed by atoms with Crippen molar-refractivity contribution in [2.24, 2.45) is 0 Å². The fourth-order valence-electron chi connectivity index (χ4n) is 4.01. The summed E-state index contributed by atoms with van der Waals surface area (Å²) in [5, 5.41) is 10.0. The predicted molar refractivity (Wildman–Crippen MR) is 126 cm³/mol. The molecule has 0 aliphatic carbocycles. The second kappa shape index (κ2) is 7.54. The van der Waals surface area contributed by atoms with E-state index in [2.05, 4.69) is 56.2 Å². The molecule has 0 fully saturated rings. The van der Waals surface area contributed by atoms with Gasteiger partial charge in [0.25, 0.3) is 0 Å². The lowest BCUT2D eigenvalue weighted by Crippen LogP contribution is -2.08. The molecule has 0 aliphatic rings. The van der Waals surface area contributed by atoms with Crippen molar-refractivity contribution >= 4 is 32.6 Å². The number of hydrogen-bond donors (Lipinski definition) is 0. The molecule has 0 bridgehead atoms. The first-order valence-corrected chi connectivity index (χ1v) is 11.3. The highest BCUT2D eigenvalue weighted by Crippen LogP contribution is 2.37. The van der Waals surface area contributed by atoms with Gasteiger partial charge in [-0.25, -0.2) is 14.1 Å². The second-order valence-electron chi connectivity index (χ2n) is 8.40. The Hall–Kier alpha value is -3.12. The summed E-state index contributed by atoms with van der Waals surface area (Å²) >= 11 is 1.57. The van der Waals surface area contributed by atoms with Crippen LogP contribution in [-0.4, -0.2) is 20.0 Å². The van der Waals surface area contributed by atoms with Gasteiger partial charge in [0.2, 0.25) is 0 Å². The van der Waals surface area contributed by atoms with Crippen molar-refractivity contribution in [2.75, 3.05) is 0 Å². The fourth-order valence-corrected chi connectivity index (χ4v) is 5.06. The summed E-state index contributed by atoms with van der Waals surface area (Å²) in [7, 11) is 0. The molecule has 156 valence electrons. The van der Waals surface area contributed by atoms with Crippen molar-refractivity contribution in [1.82, 2.24) is 20.0 Å². The van der Waals surface area contributed by atoms with E-state index in [4.69, 9.17) is 4.98 Å². The molecule has 4 nitrogen and oxygen atoms in total. The third-order valence-electron chi connectivity index (χ3n) is 5.62. The van der Waals surface area contributed by atoms with E-state index < -0.39 is 0 Å². The summed E-state index contributed by atoms with van der Waals surface area (Å²) < 4.78 is 16.3. The number of thiazole rings is 1. The average Bonchev–Trinajstić information content (AvgIpc) is 3.37. The minimum Gasteiger partial charge on any atom is -0.236 e. The number of benzene rings is 3. The molecule has 0 amide bonds. The van der Waals surface area contributed by atoms with Crippen LogP contribution in [0.2, 0.25) is 0 Å². The minimum absolute atomic E-state index is 0.250. The Kier molecular flexibility index (Phi) is 4.82. The first-order valence-electron chi connectivity index (χ1n) is 10.5. The van der Waals surface area contributed by atoms with E-state index in [1.54, 1.807) is 23.5 Å². The third-order valence-corrected chi connectivity index (χ3v) is 6.74. The lowest BCUT2D eigenvalue weighted by molar-refractivity contribution is 0.628. The summed E-state index contributed by atoms with van der Waals surface area (Å²) in [6.45, 7) is 8.83. The molecule has 2 aromatic heterocycles. The molecule has 0 radical (unpaired) electrons. The van der Waals surface area contributed by atoms with Crippen LogP contribution in [0.5, 0.6) is 0 Å². The number of hydrogen-bond acceptors (Lipinski definition) is 4. The normalized spacial score (nSPS) is 12.0. The maximum absolute atomic E-state index is 13.3. The van der Waals surface area contributed by atoms with Gasteiger partial charge in [0.1, 0.15) is 16.3 Å². The van der Waals surface area contributed by atoms with Gasteiger partial charge in [-0.3, -0.25) is 0 Å². The maximum Gasteiger partial charge on any atom is 0.133 e. The third kappa shape index (κ3) is 3.31. The molecule has 0 saturated carbocycles. The molecular formula is C25H23FN4S. The molecule has 0 spiro atoms. The Balaban J connectivity index is 1.73. The van der Waals surface area contributed by atoms with Crippen LogP contribution in [0, 0.1) is 5.82 Å². The van der Waals surface area contributed by atoms with Gasteiger partial charge in [-0.2, -0.15) is 0 Å². The van der Waals surface area contributed by atoms with Crippen molar-refractivity contribution in [3.05, 3.63) is 71.5 Å². The summed E-state index contributed by atoms with van der Waals surface area (Å²) in [5.41, 5.74) is 7.23. The van der Waals surface area contributed by atoms with Crippen LogP contribution in [0.3, 0.4) is 0 Å². The zero-order valence-corrected chi connectivity index (χ0v) is 18.7. The van der Waals surface area contributed by atoms with Crippen LogP contribution in [0.15, 0.2) is 54.6 Å². The van der Waals surface area contributed by atoms with E-state index in [1.807, 2.05) is 16.8 Å². The Morgan fingerprint density at radius 1 is 0.871 bits per heavy atom. The van der Waals surface area contributed by atoms with E-state index in [1.165, 1.54) is 23.3 Å². The zero-order chi connectivity index (χ0) is 21.7. The average molecular weight is 431 g/mol. The van der Waals surface area contributed by atoms with E-state index >= 15 is 0 Å². The van der Waals surface area contributed by atoms with E-state index in [-0.39, 0.29) is 5.82 Å². The van der Waals surface area contributed by atoms with Crippen molar-refractivity contribution in [3.8, 4) is 16.3 Å². The van der Waals surface area contributed by atoms with Crippen LogP contribution in [0.25, 0.3) is 37.5 Å². The fraction of sp³-hybridized carbons (Fsp3) is 0.240. The lowest BCUT2D eigenvalue weighted by Gasteiger charge is -2.19. The number of fused-ring (bicyclic) bond motifs is 3. The highest BCUT2D eigenvalue weighted by atomic mass is 32.1. The van der Waals surface area contributed by atoms with Crippen molar-refractivity contribution in [2.45, 2.75) is 39.5 Å². The number of rotatable bonds is 4. The first kappa shape index (κ1) is 19.8. The Bertz CT molecular complexity index is 1370. The number of nitrogens with zero attached hydrogens (tertiary/aromatic N) is 4. The van der Waals surface area contributed by atoms with Gasteiger partial charge in [0.05, 0.1) is 21.4 Å². The van der Waals surface area contributed by atoms with E-state index in [9.17, 15) is 4.39 Å². The summed E-state index contributed by atoms with van der Waals surface area (Å²) in [6.07, 6.45) is 0. The number of halogens is 1. The van der Waals surface area contributed by atoms with Crippen LogP contribution < -0.4 is 0 Å². The van der Waals surface area contributed by atoms with Crippen LogP contribution in [0.1, 0.15) is 50.7 Å². The van der Waals surface area contributed by atoms with Gasteiger partial charge in [-0.1, -0.05) is 51.1 Å². The largest absolute Gasteiger partial charge is 0.236 e. The molecule has 31 heavy (non-hydrogen) atoms.